The molecule has 0 aliphatic heterocycles. The Morgan fingerprint density at radius 1 is 1.04 bits per heavy atom. The fraction of sp³-hybridized carbons (Fsp3) is 0.368. The smallest absolute Gasteiger partial charge is 0.340 e. The molecule has 2 rings (SSSR count). The molecular formula is C19H25N3O2. The summed E-state index contributed by atoms with van der Waals surface area (Å²) in [6.45, 7) is 4.11. The van der Waals surface area contributed by atoms with Crippen molar-refractivity contribution in [2.24, 2.45) is 0 Å². The van der Waals surface area contributed by atoms with E-state index in [0.717, 1.165) is 16.9 Å². The molecule has 0 saturated heterocycles. The largest absolute Gasteiger partial charge is 0.478 e. The van der Waals surface area contributed by atoms with Crippen molar-refractivity contribution in [3.8, 4) is 11.1 Å². The van der Waals surface area contributed by atoms with Crippen LogP contribution in [-0.4, -0.2) is 44.3 Å². The Bertz CT molecular complexity index is 735. The monoisotopic (exact) mass is 327 g/mol. The number of carbonyl (C=O) groups is 1. The van der Waals surface area contributed by atoms with E-state index in [1.54, 1.807) is 4.90 Å². The van der Waals surface area contributed by atoms with Crippen LogP contribution in [0.5, 0.6) is 0 Å². The number of aromatic carboxylic acids is 1. The van der Waals surface area contributed by atoms with Crippen LogP contribution in [0.4, 0.5) is 11.5 Å². The molecular weight excluding hydrogens is 302 g/mol. The van der Waals surface area contributed by atoms with Crippen molar-refractivity contribution in [2.45, 2.75) is 19.8 Å². The summed E-state index contributed by atoms with van der Waals surface area (Å²) < 4.78 is 0. The van der Waals surface area contributed by atoms with Crippen LogP contribution in [0, 0.1) is 0 Å². The Balaban J connectivity index is 2.72. The Hall–Kier alpha value is -2.56. The van der Waals surface area contributed by atoms with Gasteiger partial charge in [0.15, 0.2) is 0 Å². The highest BCUT2D eigenvalue weighted by Crippen LogP contribution is 2.33. The molecule has 1 aromatic carbocycles. The second-order valence-corrected chi connectivity index (χ2v) is 6.59. The zero-order valence-electron chi connectivity index (χ0n) is 15.2. The van der Waals surface area contributed by atoms with Gasteiger partial charge in [-0.05, 0) is 29.7 Å². The summed E-state index contributed by atoms with van der Waals surface area (Å²) in [4.78, 5) is 20.2. The van der Waals surface area contributed by atoms with Gasteiger partial charge in [-0.25, -0.2) is 9.78 Å². The molecule has 0 spiro atoms. The fourth-order valence-electron chi connectivity index (χ4n) is 2.55. The minimum absolute atomic E-state index is 0.214. The first-order valence-electron chi connectivity index (χ1n) is 7.95. The molecule has 0 atom stereocenters. The number of benzene rings is 1. The van der Waals surface area contributed by atoms with Crippen LogP contribution < -0.4 is 9.80 Å². The van der Waals surface area contributed by atoms with Gasteiger partial charge in [-0.3, -0.25) is 0 Å². The van der Waals surface area contributed by atoms with Crippen molar-refractivity contribution >= 4 is 17.5 Å². The molecule has 24 heavy (non-hydrogen) atoms. The minimum atomic E-state index is -0.965. The van der Waals surface area contributed by atoms with E-state index in [9.17, 15) is 9.90 Å². The highest BCUT2D eigenvalue weighted by Gasteiger charge is 2.22. The SMILES string of the molecule is CC(C)c1cc(-c2ccc(N(C)C)cc2)c(C(=O)O)c(N(C)C)n1. The van der Waals surface area contributed by atoms with Crippen molar-refractivity contribution in [1.82, 2.24) is 4.98 Å². The number of hydrogen-bond donors (Lipinski definition) is 1. The van der Waals surface area contributed by atoms with E-state index in [1.807, 2.05) is 63.4 Å². The first-order chi connectivity index (χ1) is 11.2. The number of carboxylic acids is 1. The van der Waals surface area contributed by atoms with E-state index < -0.39 is 5.97 Å². The molecule has 1 aromatic heterocycles. The van der Waals surface area contributed by atoms with Crippen molar-refractivity contribution in [3.63, 3.8) is 0 Å². The molecule has 0 aliphatic carbocycles. The molecule has 0 fully saturated rings. The lowest BCUT2D eigenvalue weighted by Crippen LogP contribution is -2.18. The van der Waals surface area contributed by atoms with E-state index in [-0.39, 0.29) is 11.5 Å². The molecule has 1 N–H and O–H groups in total. The molecule has 1 heterocycles. The highest BCUT2D eigenvalue weighted by atomic mass is 16.4. The van der Waals surface area contributed by atoms with Gasteiger partial charge in [-0.2, -0.15) is 0 Å². The lowest BCUT2D eigenvalue weighted by molar-refractivity contribution is 0.0698. The number of anilines is 2. The van der Waals surface area contributed by atoms with Gasteiger partial charge < -0.3 is 14.9 Å². The third-order valence-electron chi connectivity index (χ3n) is 3.94. The summed E-state index contributed by atoms with van der Waals surface area (Å²) in [5.74, 6) is -0.264. The van der Waals surface area contributed by atoms with Crippen molar-refractivity contribution in [2.75, 3.05) is 38.0 Å². The van der Waals surface area contributed by atoms with Gasteiger partial charge in [0.25, 0.3) is 0 Å². The molecule has 128 valence electrons. The topological polar surface area (TPSA) is 56.7 Å². The molecule has 5 nitrogen and oxygen atoms in total. The maximum absolute atomic E-state index is 11.9. The first-order valence-corrected chi connectivity index (χ1v) is 7.95. The Kier molecular flexibility index (Phi) is 5.12. The number of carboxylic acid groups (broad SMARTS) is 1. The third-order valence-corrected chi connectivity index (χ3v) is 3.94. The van der Waals surface area contributed by atoms with Gasteiger partial charge in [-0.1, -0.05) is 26.0 Å². The zero-order chi connectivity index (χ0) is 18.0. The van der Waals surface area contributed by atoms with E-state index in [0.29, 0.717) is 11.4 Å². The average molecular weight is 327 g/mol. The fourth-order valence-corrected chi connectivity index (χ4v) is 2.55. The van der Waals surface area contributed by atoms with Gasteiger partial charge in [-0.15, -0.1) is 0 Å². The van der Waals surface area contributed by atoms with E-state index in [4.69, 9.17) is 0 Å². The standard InChI is InChI=1S/C19H25N3O2/c1-12(2)16-11-15(13-7-9-14(10-8-13)21(3)4)17(19(23)24)18(20-16)22(5)6/h7-12H,1-6H3,(H,23,24). The van der Waals surface area contributed by atoms with Gasteiger partial charge in [0.1, 0.15) is 11.4 Å². The van der Waals surface area contributed by atoms with Crippen LogP contribution in [0.1, 0.15) is 35.8 Å². The summed E-state index contributed by atoms with van der Waals surface area (Å²) in [5, 5.41) is 9.75. The van der Waals surface area contributed by atoms with Gasteiger partial charge >= 0.3 is 5.97 Å². The second kappa shape index (κ2) is 6.91. The summed E-state index contributed by atoms with van der Waals surface area (Å²) in [6.07, 6.45) is 0. The summed E-state index contributed by atoms with van der Waals surface area (Å²) in [5.41, 5.74) is 3.78. The first kappa shape index (κ1) is 17.8. The van der Waals surface area contributed by atoms with Crippen LogP contribution in [0.2, 0.25) is 0 Å². The lowest BCUT2D eigenvalue weighted by atomic mass is 9.96. The molecule has 0 bridgehead atoms. The summed E-state index contributed by atoms with van der Waals surface area (Å²) >= 11 is 0. The number of hydrogen-bond acceptors (Lipinski definition) is 4. The Morgan fingerprint density at radius 2 is 1.62 bits per heavy atom. The predicted molar refractivity (Wildman–Crippen MR) is 99.4 cm³/mol. The molecule has 2 aromatic rings. The molecule has 0 radical (unpaired) electrons. The Morgan fingerprint density at radius 3 is 2.04 bits per heavy atom. The van der Waals surface area contributed by atoms with E-state index in [1.165, 1.54) is 0 Å². The normalized spacial score (nSPS) is 10.8. The molecule has 0 unspecified atom stereocenters. The van der Waals surface area contributed by atoms with Gasteiger partial charge in [0.05, 0.1) is 0 Å². The predicted octanol–water partition coefficient (Wildman–Crippen LogP) is 3.70. The number of pyridine rings is 1. The van der Waals surface area contributed by atoms with E-state index in [2.05, 4.69) is 18.8 Å². The molecule has 0 aliphatic rings. The van der Waals surface area contributed by atoms with Crippen molar-refractivity contribution in [1.29, 1.82) is 0 Å². The minimum Gasteiger partial charge on any atom is -0.478 e. The summed E-state index contributed by atoms with van der Waals surface area (Å²) in [7, 11) is 7.59. The maximum Gasteiger partial charge on any atom is 0.340 e. The quantitative estimate of drug-likeness (QED) is 0.907. The maximum atomic E-state index is 11.9. The number of aromatic nitrogens is 1. The third kappa shape index (κ3) is 3.50. The van der Waals surface area contributed by atoms with Crippen LogP contribution in [0.3, 0.4) is 0 Å². The number of rotatable bonds is 5. The number of nitrogens with zero attached hydrogens (tertiary/aromatic N) is 3. The summed E-state index contributed by atoms with van der Waals surface area (Å²) in [6, 6.07) is 9.80. The van der Waals surface area contributed by atoms with E-state index >= 15 is 0 Å². The van der Waals surface area contributed by atoms with Gasteiger partial charge in [0.2, 0.25) is 0 Å². The molecule has 0 saturated carbocycles. The van der Waals surface area contributed by atoms with Crippen LogP contribution >= 0.6 is 0 Å². The van der Waals surface area contributed by atoms with Crippen LogP contribution in [-0.2, 0) is 0 Å². The van der Waals surface area contributed by atoms with Crippen molar-refractivity contribution < 1.29 is 9.90 Å². The van der Waals surface area contributed by atoms with Gasteiger partial charge in [0, 0.05) is 45.1 Å². The lowest BCUT2D eigenvalue weighted by Gasteiger charge is -2.20. The van der Waals surface area contributed by atoms with Crippen LogP contribution in [0.25, 0.3) is 11.1 Å². The average Bonchev–Trinajstić information content (AvgIpc) is 2.53. The highest BCUT2D eigenvalue weighted by molar-refractivity contribution is 6.01. The molecule has 0 amide bonds. The second-order valence-electron chi connectivity index (χ2n) is 6.59. The van der Waals surface area contributed by atoms with Crippen molar-refractivity contribution in [3.05, 3.63) is 41.6 Å². The molecule has 5 heteroatoms. The Labute approximate surface area is 143 Å². The zero-order valence-corrected chi connectivity index (χ0v) is 15.2. The van der Waals surface area contributed by atoms with Crippen LogP contribution in [0.15, 0.2) is 30.3 Å².